The van der Waals surface area contributed by atoms with Gasteiger partial charge in [0.1, 0.15) is 24.0 Å². The summed E-state index contributed by atoms with van der Waals surface area (Å²) in [6, 6.07) is 5.63. The van der Waals surface area contributed by atoms with Crippen molar-refractivity contribution in [1.29, 1.82) is 0 Å². The number of amides is 3. The van der Waals surface area contributed by atoms with Crippen LogP contribution in [0.4, 0.5) is 19.3 Å². The fourth-order valence-corrected chi connectivity index (χ4v) is 4.14. The molecular formula is C24H25F2N3O5. The van der Waals surface area contributed by atoms with Crippen LogP contribution in [0.2, 0.25) is 0 Å². The number of anilines is 1. The van der Waals surface area contributed by atoms with Crippen LogP contribution in [0.5, 0.6) is 5.75 Å². The van der Waals surface area contributed by atoms with Crippen molar-refractivity contribution < 1.29 is 32.6 Å². The molecule has 0 saturated carbocycles. The van der Waals surface area contributed by atoms with Gasteiger partial charge in [-0.15, -0.1) is 0 Å². The van der Waals surface area contributed by atoms with Gasteiger partial charge in [0.15, 0.2) is 0 Å². The van der Waals surface area contributed by atoms with E-state index in [4.69, 9.17) is 9.47 Å². The summed E-state index contributed by atoms with van der Waals surface area (Å²) in [5, 5.41) is 5.30. The number of nitrogens with one attached hydrogen (secondary N) is 2. The first kappa shape index (κ1) is 23.5. The number of likely N-dealkylation sites (tertiary alicyclic amines) is 1. The molecule has 34 heavy (non-hydrogen) atoms. The largest absolute Gasteiger partial charge is 0.492 e. The maximum absolute atomic E-state index is 14.8. The van der Waals surface area contributed by atoms with Crippen LogP contribution in [-0.4, -0.2) is 49.1 Å². The number of hydrogen-bond donors (Lipinski definition) is 2. The molecule has 2 atom stereocenters. The molecule has 3 amide bonds. The summed E-state index contributed by atoms with van der Waals surface area (Å²) in [5.74, 6) is -1.55. The van der Waals surface area contributed by atoms with Gasteiger partial charge in [0, 0.05) is 25.6 Å². The van der Waals surface area contributed by atoms with Crippen molar-refractivity contribution in [2.24, 2.45) is 0 Å². The second kappa shape index (κ2) is 9.66. The number of benzene rings is 2. The molecule has 2 heterocycles. The first-order chi connectivity index (χ1) is 16.2. The number of halogens is 2. The lowest BCUT2D eigenvalue weighted by Gasteiger charge is -2.28. The maximum Gasteiger partial charge on any atom is 0.407 e. The molecule has 2 aliphatic rings. The standard InChI is InChI=1S/C24H25F2N3O5/c1-13-11-14(3-6-17(13)25)27-23(31)16-5-7-18(26)21-19(9-10-33-22(16)21)28-24(32)34-12-15-4-8-20(30)29(15)2/h3,5-7,11,15,19H,4,8-10,12H2,1-2H3,(H,27,31)(H,28,32)/t15-,19+/m1/s1. The molecule has 4 rings (SSSR count). The zero-order valence-electron chi connectivity index (χ0n) is 18.8. The minimum Gasteiger partial charge on any atom is -0.492 e. The smallest absolute Gasteiger partial charge is 0.407 e. The van der Waals surface area contributed by atoms with Gasteiger partial charge >= 0.3 is 6.09 Å². The van der Waals surface area contributed by atoms with Gasteiger partial charge in [-0.25, -0.2) is 13.6 Å². The number of hydrogen-bond acceptors (Lipinski definition) is 5. The Morgan fingerprint density at radius 1 is 1.18 bits per heavy atom. The third kappa shape index (κ3) is 4.80. The third-order valence-corrected chi connectivity index (χ3v) is 6.14. The number of ether oxygens (including phenoxy) is 2. The molecule has 2 aromatic rings. The lowest BCUT2D eigenvalue weighted by Crippen LogP contribution is -2.37. The molecule has 8 nitrogen and oxygen atoms in total. The van der Waals surface area contributed by atoms with E-state index in [2.05, 4.69) is 10.6 Å². The molecule has 0 spiro atoms. The van der Waals surface area contributed by atoms with Crippen LogP contribution in [0.3, 0.4) is 0 Å². The summed E-state index contributed by atoms with van der Waals surface area (Å²) in [6.07, 6.45) is 0.543. The van der Waals surface area contributed by atoms with Gasteiger partial charge in [0.2, 0.25) is 5.91 Å². The van der Waals surface area contributed by atoms with Crippen molar-refractivity contribution in [3.8, 4) is 5.75 Å². The summed E-state index contributed by atoms with van der Waals surface area (Å²) in [6.45, 7) is 1.76. The van der Waals surface area contributed by atoms with Gasteiger partial charge in [0.05, 0.1) is 29.8 Å². The zero-order chi connectivity index (χ0) is 24.4. The summed E-state index contributed by atoms with van der Waals surface area (Å²) in [4.78, 5) is 38.4. The minimum absolute atomic E-state index is 0.00367. The average Bonchev–Trinajstić information content (AvgIpc) is 3.12. The lowest BCUT2D eigenvalue weighted by molar-refractivity contribution is -0.128. The number of nitrogens with zero attached hydrogens (tertiary/aromatic N) is 1. The number of carbonyl (C=O) groups is 3. The quantitative estimate of drug-likeness (QED) is 0.690. The van der Waals surface area contributed by atoms with E-state index in [1.54, 1.807) is 18.9 Å². The summed E-state index contributed by atoms with van der Waals surface area (Å²) < 4.78 is 39.2. The van der Waals surface area contributed by atoms with E-state index in [1.807, 2.05) is 0 Å². The number of alkyl carbamates (subject to hydrolysis) is 1. The Morgan fingerprint density at radius 3 is 2.65 bits per heavy atom. The van der Waals surface area contributed by atoms with Gasteiger partial charge in [-0.1, -0.05) is 0 Å². The first-order valence-electron chi connectivity index (χ1n) is 11.0. The molecule has 2 aromatic carbocycles. The highest BCUT2D eigenvalue weighted by Gasteiger charge is 2.32. The molecule has 1 saturated heterocycles. The van der Waals surface area contributed by atoms with Gasteiger partial charge in [0.25, 0.3) is 5.91 Å². The minimum atomic E-state index is -0.764. The summed E-state index contributed by atoms with van der Waals surface area (Å²) in [5.41, 5.74) is 0.890. The Morgan fingerprint density at radius 2 is 1.94 bits per heavy atom. The molecule has 2 N–H and O–H groups in total. The second-order valence-electron chi connectivity index (χ2n) is 8.39. The van der Waals surface area contributed by atoms with Crippen LogP contribution in [0.15, 0.2) is 30.3 Å². The molecular weight excluding hydrogens is 448 g/mol. The van der Waals surface area contributed by atoms with Crippen LogP contribution in [0.1, 0.15) is 46.8 Å². The van der Waals surface area contributed by atoms with E-state index in [1.165, 1.54) is 24.3 Å². The highest BCUT2D eigenvalue weighted by molar-refractivity contribution is 6.06. The average molecular weight is 473 g/mol. The van der Waals surface area contributed by atoms with Crippen LogP contribution >= 0.6 is 0 Å². The molecule has 10 heteroatoms. The Balaban J connectivity index is 1.48. The topological polar surface area (TPSA) is 97.0 Å². The monoisotopic (exact) mass is 473 g/mol. The zero-order valence-corrected chi connectivity index (χ0v) is 18.8. The van der Waals surface area contributed by atoms with E-state index < -0.39 is 29.7 Å². The number of fused-ring (bicyclic) bond motifs is 1. The van der Waals surface area contributed by atoms with Crippen molar-refractivity contribution in [2.75, 3.05) is 25.6 Å². The van der Waals surface area contributed by atoms with Gasteiger partial charge in [-0.3, -0.25) is 9.59 Å². The van der Waals surface area contributed by atoms with Crippen LogP contribution in [0, 0.1) is 18.6 Å². The Labute approximate surface area is 195 Å². The summed E-state index contributed by atoms with van der Waals surface area (Å²) in [7, 11) is 1.66. The predicted octanol–water partition coefficient (Wildman–Crippen LogP) is 3.70. The van der Waals surface area contributed by atoms with Gasteiger partial charge in [-0.05, 0) is 49.2 Å². The second-order valence-corrected chi connectivity index (χ2v) is 8.39. The van der Waals surface area contributed by atoms with Crippen molar-refractivity contribution in [2.45, 2.75) is 38.3 Å². The first-order valence-corrected chi connectivity index (χ1v) is 11.0. The predicted molar refractivity (Wildman–Crippen MR) is 119 cm³/mol. The van der Waals surface area contributed by atoms with E-state index in [-0.39, 0.29) is 48.5 Å². The number of likely N-dealkylation sites (N-methyl/N-ethyl adjacent to an activating group) is 1. The Bertz CT molecular complexity index is 1140. The van der Waals surface area contributed by atoms with E-state index in [9.17, 15) is 23.2 Å². The normalized spacial score (nSPS) is 19.3. The molecule has 0 radical (unpaired) electrons. The molecule has 1 fully saturated rings. The molecule has 0 bridgehead atoms. The highest BCUT2D eigenvalue weighted by Crippen LogP contribution is 2.37. The van der Waals surface area contributed by atoms with Crippen molar-refractivity contribution >= 4 is 23.6 Å². The SMILES string of the molecule is Cc1cc(NC(=O)c2ccc(F)c3c2OCC[C@@H]3NC(=O)OC[C@H]2CCC(=O)N2C)ccc1F. The fraction of sp³-hybridized carbons (Fsp3) is 0.375. The van der Waals surface area contributed by atoms with E-state index >= 15 is 0 Å². The van der Waals surface area contributed by atoms with Crippen LogP contribution in [-0.2, 0) is 9.53 Å². The fourth-order valence-electron chi connectivity index (χ4n) is 4.14. The Hall–Kier alpha value is -3.69. The number of carbonyl (C=O) groups excluding carboxylic acids is 3. The van der Waals surface area contributed by atoms with Gasteiger partial charge in [-0.2, -0.15) is 0 Å². The number of rotatable bonds is 5. The molecule has 0 aromatic heterocycles. The van der Waals surface area contributed by atoms with Crippen LogP contribution < -0.4 is 15.4 Å². The van der Waals surface area contributed by atoms with Crippen molar-refractivity contribution in [1.82, 2.24) is 10.2 Å². The van der Waals surface area contributed by atoms with Crippen LogP contribution in [0.25, 0.3) is 0 Å². The van der Waals surface area contributed by atoms with Crippen molar-refractivity contribution in [3.05, 3.63) is 58.7 Å². The highest BCUT2D eigenvalue weighted by atomic mass is 19.1. The number of aryl methyl sites for hydroxylation is 1. The Kier molecular flexibility index (Phi) is 6.67. The molecule has 0 aliphatic carbocycles. The molecule has 0 unspecified atom stereocenters. The molecule has 2 aliphatic heterocycles. The maximum atomic E-state index is 14.8. The lowest BCUT2D eigenvalue weighted by atomic mass is 9.96. The summed E-state index contributed by atoms with van der Waals surface area (Å²) >= 11 is 0. The molecule has 180 valence electrons. The van der Waals surface area contributed by atoms with Crippen molar-refractivity contribution in [3.63, 3.8) is 0 Å². The van der Waals surface area contributed by atoms with Gasteiger partial charge < -0.3 is 25.0 Å². The third-order valence-electron chi connectivity index (χ3n) is 6.14. The van der Waals surface area contributed by atoms with E-state index in [0.29, 0.717) is 24.1 Å². The van der Waals surface area contributed by atoms with E-state index in [0.717, 1.165) is 6.07 Å².